The smallest absolute Gasteiger partial charge is 0.406 e. The number of aryl methyl sites for hydroxylation is 1. The number of para-hydroxylation sites is 2. The monoisotopic (exact) mass is 435 g/mol. The molecule has 0 saturated heterocycles. The molecule has 2 aromatic carbocycles. The van der Waals surface area contributed by atoms with Gasteiger partial charge in [-0.3, -0.25) is 5.43 Å². The van der Waals surface area contributed by atoms with Gasteiger partial charge in [0.25, 0.3) is 0 Å². The second-order valence-electron chi connectivity index (χ2n) is 6.33. The maximum atomic E-state index is 13.6. The third-order valence-corrected chi connectivity index (χ3v) is 4.09. The number of aromatic nitrogens is 3. The fourth-order valence-corrected chi connectivity index (χ4v) is 2.71. The van der Waals surface area contributed by atoms with Crippen molar-refractivity contribution in [2.24, 2.45) is 0 Å². The van der Waals surface area contributed by atoms with E-state index in [9.17, 15) is 22.4 Å². The van der Waals surface area contributed by atoms with Crippen molar-refractivity contribution in [3.63, 3.8) is 0 Å². The molecule has 0 bridgehead atoms. The predicted molar refractivity (Wildman–Crippen MR) is 103 cm³/mol. The van der Waals surface area contributed by atoms with Crippen LogP contribution in [0.25, 0.3) is 11.1 Å². The number of nitrogens with one attached hydrogen (secondary N) is 2. The Kier molecular flexibility index (Phi) is 4.97. The minimum Gasteiger partial charge on any atom is -0.406 e. The summed E-state index contributed by atoms with van der Waals surface area (Å²) in [6.45, 7) is 1.69. The molecule has 0 aliphatic rings. The summed E-state index contributed by atoms with van der Waals surface area (Å²) in [5.74, 6) is -2.62. The van der Waals surface area contributed by atoms with Gasteiger partial charge in [0.15, 0.2) is 23.0 Å². The Morgan fingerprint density at radius 3 is 2.71 bits per heavy atom. The predicted octanol–water partition coefficient (Wildman–Crippen LogP) is 4.35. The number of rotatable bonds is 5. The largest absolute Gasteiger partial charge is 0.573 e. The molecule has 0 amide bonds. The summed E-state index contributed by atoms with van der Waals surface area (Å²) in [6, 6.07) is 9.58. The van der Waals surface area contributed by atoms with Gasteiger partial charge in [0.05, 0.1) is 0 Å². The third kappa shape index (κ3) is 4.42. The Labute approximate surface area is 171 Å². The number of ether oxygens (including phenoxy) is 1. The van der Waals surface area contributed by atoms with Crippen molar-refractivity contribution in [2.45, 2.75) is 13.3 Å². The lowest BCUT2D eigenvalue weighted by atomic mass is 10.3. The second-order valence-corrected chi connectivity index (χ2v) is 6.33. The van der Waals surface area contributed by atoms with Crippen LogP contribution >= 0.6 is 0 Å². The maximum Gasteiger partial charge on any atom is 0.573 e. The quantitative estimate of drug-likeness (QED) is 0.450. The standard InChI is InChI=1S/C19H13F4N5O3/c1-10-9-24-17(25-11-6-7-12(20)15(8-11)31-19(21,22)23)26-16(10)27-28-13-4-2-3-5-14(13)30-18(28)29/h2-9H,1H3,(H2,24,25,26,27). The minimum absolute atomic E-state index is 0.0153. The molecule has 4 rings (SSSR count). The number of fused-ring (bicyclic) bond motifs is 1. The Hall–Kier alpha value is -4.09. The van der Waals surface area contributed by atoms with Gasteiger partial charge in [-0.2, -0.15) is 9.66 Å². The van der Waals surface area contributed by atoms with E-state index < -0.39 is 23.7 Å². The molecule has 12 heteroatoms. The highest BCUT2D eigenvalue weighted by molar-refractivity contribution is 5.73. The lowest BCUT2D eigenvalue weighted by Gasteiger charge is -2.13. The van der Waals surface area contributed by atoms with Gasteiger partial charge < -0.3 is 14.5 Å². The van der Waals surface area contributed by atoms with Crippen LogP contribution in [0.5, 0.6) is 5.75 Å². The molecule has 0 aliphatic carbocycles. The summed E-state index contributed by atoms with van der Waals surface area (Å²) in [5, 5.41) is 2.67. The molecule has 0 spiro atoms. The third-order valence-electron chi connectivity index (χ3n) is 4.09. The first kappa shape index (κ1) is 20.2. The molecule has 0 aliphatic heterocycles. The molecule has 0 radical (unpaired) electrons. The van der Waals surface area contributed by atoms with Crippen LogP contribution in [-0.2, 0) is 0 Å². The average Bonchev–Trinajstić information content (AvgIpc) is 3.01. The van der Waals surface area contributed by atoms with Gasteiger partial charge in [0, 0.05) is 23.5 Å². The van der Waals surface area contributed by atoms with E-state index in [0.717, 1.165) is 16.8 Å². The molecule has 4 aromatic rings. The van der Waals surface area contributed by atoms with E-state index >= 15 is 0 Å². The Morgan fingerprint density at radius 2 is 1.94 bits per heavy atom. The van der Waals surface area contributed by atoms with Crippen molar-refractivity contribution < 1.29 is 26.7 Å². The highest BCUT2D eigenvalue weighted by Crippen LogP contribution is 2.29. The summed E-state index contributed by atoms with van der Waals surface area (Å²) in [7, 11) is 0. The fourth-order valence-electron chi connectivity index (χ4n) is 2.71. The summed E-state index contributed by atoms with van der Waals surface area (Å²) in [4.78, 5) is 20.4. The van der Waals surface area contributed by atoms with Crippen LogP contribution in [0.4, 0.5) is 35.0 Å². The molecule has 0 saturated carbocycles. The normalized spacial score (nSPS) is 11.5. The van der Waals surface area contributed by atoms with Crippen molar-refractivity contribution in [1.82, 2.24) is 14.6 Å². The first-order chi connectivity index (χ1) is 14.7. The number of alkyl halides is 3. The van der Waals surface area contributed by atoms with Gasteiger partial charge in [-0.15, -0.1) is 13.2 Å². The zero-order chi connectivity index (χ0) is 22.2. The zero-order valence-electron chi connectivity index (χ0n) is 15.7. The Bertz CT molecular complexity index is 1320. The van der Waals surface area contributed by atoms with Crippen LogP contribution in [-0.4, -0.2) is 21.0 Å². The molecular formula is C19H13F4N5O3. The molecule has 8 nitrogen and oxygen atoms in total. The molecule has 2 N–H and O–H groups in total. The van der Waals surface area contributed by atoms with E-state index in [4.69, 9.17) is 4.42 Å². The number of oxazole rings is 1. The zero-order valence-corrected chi connectivity index (χ0v) is 15.7. The summed E-state index contributed by atoms with van der Waals surface area (Å²) in [5.41, 5.74) is 4.30. The molecule has 2 heterocycles. The van der Waals surface area contributed by atoms with Crippen LogP contribution in [0.1, 0.15) is 5.56 Å². The molecule has 0 unspecified atom stereocenters. The van der Waals surface area contributed by atoms with Crippen molar-refractivity contribution in [3.8, 4) is 5.75 Å². The Balaban J connectivity index is 1.62. The molecule has 0 atom stereocenters. The number of hydrogen-bond donors (Lipinski definition) is 2. The summed E-state index contributed by atoms with van der Waals surface area (Å²) in [6.07, 6.45) is -3.61. The highest BCUT2D eigenvalue weighted by Gasteiger charge is 2.32. The van der Waals surface area contributed by atoms with E-state index in [-0.39, 0.29) is 17.5 Å². The number of nitrogens with zero attached hydrogens (tertiary/aromatic N) is 3. The number of benzene rings is 2. The number of anilines is 3. The number of hydrogen-bond acceptors (Lipinski definition) is 7. The van der Waals surface area contributed by atoms with E-state index in [1.807, 2.05) is 0 Å². The van der Waals surface area contributed by atoms with Crippen LogP contribution in [0.2, 0.25) is 0 Å². The Morgan fingerprint density at radius 1 is 1.16 bits per heavy atom. The SMILES string of the molecule is Cc1cnc(Nc2ccc(F)c(OC(F)(F)F)c2)nc1Nn1c(=O)oc2ccccc21. The minimum atomic E-state index is -5.04. The summed E-state index contributed by atoms with van der Waals surface area (Å²) < 4.78 is 60.8. The first-order valence-corrected chi connectivity index (χ1v) is 8.73. The lowest BCUT2D eigenvalue weighted by molar-refractivity contribution is -0.275. The molecule has 160 valence electrons. The first-order valence-electron chi connectivity index (χ1n) is 8.73. The molecule has 31 heavy (non-hydrogen) atoms. The number of halogens is 4. The van der Waals surface area contributed by atoms with Gasteiger partial charge in [-0.1, -0.05) is 12.1 Å². The van der Waals surface area contributed by atoms with E-state index in [0.29, 0.717) is 16.7 Å². The van der Waals surface area contributed by atoms with Crippen LogP contribution < -0.4 is 21.2 Å². The van der Waals surface area contributed by atoms with Gasteiger partial charge in [-0.05, 0) is 31.2 Å². The maximum absolute atomic E-state index is 13.6. The van der Waals surface area contributed by atoms with Crippen molar-refractivity contribution >= 4 is 28.6 Å². The fraction of sp³-hybridized carbons (Fsp3) is 0.105. The topological polar surface area (TPSA) is 94.2 Å². The average molecular weight is 435 g/mol. The van der Waals surface area contributed by atoms with Crippen LogP contribution in [0, 0.1) is 12.7 Å². The highest BCUT2D eigenvalue weighted by atomic mass is 19.4. The van der Waals surface area contributed by atoms with Gasteiger partial charge in [0.1, 0.15) is 5.52 Å². The van der Waals surface area contributed by atoms with Gasteiger partial charge in [0.2, 0.25) is 5.95 Å². The van der Waals surface area contributed by atoms with Gasteiger partial charge in [-0.25, -0.2) is 14.2 Å². The van der Waals surface area contributed by atoms with E-state index in [1.165, 1.54) is 12.3 Å². The van der Waals surface area contributed by atoms with Crippen molar-refractivity contribution in [2.75, 3.05) is 10.7 Å². The lowest BCUT2D eigenvalue weighted by Crippen LogP contribution is -2.23. The second kappa shape index (κ2) is 7.63. The molecular weight excluding hydrogens is 422 g/mol. The summed E-state index contributed by atoms with van der Waals surface area (Å²) >= 11 is 0. The van der Waals surface area contributed by atoms with Gasteiger partial charge >= 0.3 is 12.1 Å². The van der Waals surface area contributed by atoms with Crippen LogP contribution in [0.15, 0.2) is 57.9 Å². The molecule has 0 fully saturated rings. The van der Waals surface area contributed by atoms with E-state index in [2.05, 4.69) is 25.4 Å². The van der Waals surface area contributed by atoms with Crippen molar-refractivity contribution in [1.29, 1.82) is 0 Å². The van der Waals surface area contributed by atoms with Crippen LogP contribution in [0.3, 0.4) is 0 Å². The molecule has 2 aromatic heterocycles. The van der Waals surface area contributed by atoms with E-state index in [1.54, 1.807) is 31.2 Å². The van der Waals surface area contributed by atoms with Crippen molar-refractivity contribution in [3.05, 3.63) is 70.6 Å².